The standard InChI is InChI=1S/C19H16FIN2OS/c20-14-5-3-13(4-6-14)19(17-2-1-11-25-17)22-12-18(24)23-16-9-7-15(21)8-10-16/h1-11,19,22H,12H2,(H,23,24). The zero-order valence-electron chi connectivity index (χ0n) is 13.2. The lowest BCUT2D eigenvalue weighted by atomic mass is 10.1. The Kier molecular flexibility index (Phi) is 6.17. The Balaban J connectivity index is 1.67. The van der Waals surface area contributed by atoms with Gasteiger partial charge in [-0.05, 0) is 76.0 Å². The van der Waals surface area contributed by atoms with Crippen molar-refractivity contribution in [2.75, 3.05) is 11.9 Å². The Morgan fingerprint density at radius 1 is 1.08 bits per heavy atom. The van der Waals surface area contributed by atoms with Crippen LogP contribution < -0.4 is 10.6 Å². The van der Waals surface area contributed by atoms with E-state index in [1.165, 1.54) is 12.1 Å². The van der Waals surface area contributed by atoms with Gasteiger partial charge < -0.3 is 5.32 Å². The van der Waals surface area contributed by atoms with Crippen LogP contribution in [0, 0.1) is 9.39 Å². The van der Waals surface area contributed by atoms with Gasteiger partial charge in [0, 0.05) is 14.1 Å². The van der Waals surface area contributed by atoms with E-state index in [4.69, 9.17) is 0 Å². The third-order valence-electron chi connectivity index (χ3n) is 3.63. The molecule has 0 fully saturated rings. The van der Waals surface area contributed by atoms with Gasteiger partial charge in [-0.3, -0.25) is 10.1 Å². The zero-order valence-corrected chi connectivity index (χ0v) is 16.2. The monoisotopic (exact) mass is 466 g/mol. The zero-order chi connectivity index (χ0) is 17.6. The molecule has 0 radical (unpaired) electrons. The number of nitrogens with one attached hydrogen (secondary N) is 2. The lowest BCUT2D eigenvalue weighted by Crippen LogP contribution is -2.31. The first-order valence-corrected chi connectivity index (χ1v) is 9.65. The molecule has 1 unspecified atom stereocenters. The predicted molar refractivity (Wildman–Crippen MR) is 108 cm³/mol. The van der Waals surface area contributed by atoms with Gasteiger partial charge in [-0.15, -0.1) is 11.3 Å². The van der Waals surface area contributed by atoms with Crippen LogP contribution in [0.2, 0.25) is 0 Å². The summed E-state index contributed by atoms with van der Waals surface area (Å²) in [6.07, 6.45) is 0. The molecule has 2 aromatic carbocycles. The molecule has 3 rings (SSSR count). The fraction of sp³-hybridized carbons (Fsp3) is 0.105. The van der Waals surface area contributed by atoms with Gasteiger partial charge in [0.2, 0.25) is 5.91 Å². The largest absolute Gasteiger partial charge is 0.325 e. The molecule has 1 atom stereocenters. The summed E-state index contributed by atoms with van der Waals surface area (Å²) in [6, 6.07) is 17.8. The molecule has 0 spiro atoms. The highest BCUT2D eigenvalue weighted by atomic mass is 127. The molecule has 0 aliphatic carbocycles. The van der Waals surface area contributed by atoms with Crippen LogP contribution in [0.25, 0.3) is 0 Å². The number of hydrogen-bond acceptors (Lipinski definition) is 3. The predicted octanol–water partition coefficient (Wildman–Crippen LogP) is 4.81. The highest BCUT2D eigenvalue weighted by molar-refractivity contribution is 14.1. The number of benzene rings is 2. The van der Waals surface area contributed by atoms with Gasteiger partial charge in [-0.2, -0.15) is 0 Å². The number of carbonyl (C=O) groups excluding carboxylic acids is 1. The molecule has 0 saturated carbocycles. The summed E-state index contributed by atoms with van der Waals surface area (Å²) in [7, 11) is 0. The number of anilines is 1. The lowest BCUT2D eigenvalue weighted by Gasteiger charge is -2.18. The second-order valence-corrected chi connectivity index (χ2v) is 7.66. The number of thiophene rings is 1. The molecular formula is C19H16FIN2OS. The van der Waals surface area contributed by atoms with Crippen molar-refractivity contribution in [3.05, 3.63) is 85.9 Å². The van der Waals surface area contributed by atoms with Crippen LogP contribution in [-0.4, -0.2) is 12.5 Å². The van der Waals surface area contributed by atoms with Gasteiger partial charge in [0.25, 0.3) is 0 Å². The van der Waals surface area contributed by atoms with Crippen LogP contribution in [0.4, 0.5) is 10.1 Å². The van der Waals surface area contributed by atoms with Crippen LogP contribution in [0.5, 0.6) is 0 Å². The van der Waals surface area contributed by atoms with Crippen molar-refractivity contribution in [1.82, 2.24) is 5.32 Å². The summed E-state index contributed by atoms with van der Waals surface area (Å²) in [5.41, 5.74) is 1.69. The average Bonchev–Trinajstić information content (AvgIpc) is 3.13. The summed E-state index contributed by atoms with van der Waals surface area (Å²) < 4.78 is 14.3. The van der Waals surface area contributed by atoms with E-state index in [1.54, 1.807) is 23.5 Å². The fourth-order valence-electron chi connectivity index (χ4n) is 2.43. The van der Waals surface area contributed by atoms with Crippen LogP contribution in [0.1, 0.15) is 16.5 Å². The van der Waals surface area contributed by atoms with Gasteiger partial charge in [0.1, 0.15) is 5.82 Å². The Morgan fingerprint density at radius 3 is 2.44 bits per heavy atom. The van der Waals surface area contributed by atoms with Crippen molar-refractivity contribution in [3.63, 3.8) is 0 Å². The normalized spacial score (nSPS) is 11.9. The van der Waals surface area contributed by atoms with E-state index in [9.17, 15) is 9.18 Å². The first-order chi connectivity index (χ1) is 12.1. The minimum Gasteiger partial charge on any atom is -0.325 e. The molecule has 1 heterocycles. The van der Waals surface area contributed by atoms with Crippen molar-refractivity contribution in [2.24, 2.45) is 0 Å². The first kappa shape index (κ1) is 18.0. The summed E-state index contributed by atoms with van der Waals surface area (Å²) in [5, 5.41) is 8.12. The van der Waals surface area contributed by atoms with Gasteiger partial charge >= 0.3 is 0 Å². The van der Waals surface area contributed by atoms with Crippen LogP contribution in [0.15, 0.2) is 66.0 Å². The molecule has 1 amide bonds. The van der Waals surface area contributed by atoms with Crippen molar-refractivity contribution in [1.29, 1.82) is 0 Å². The Morgan fingerprint density at radius 2 is 1.80 bits per heavy atom. The van der Waals surface area contributed by atoms with E-state index >= 15 is 0 Å². The summed E-state index contributed by atoms with van der Waals surface area (Å²) in [4.78, 5) is 13.3. The molecule has 6 heteroatoms. The van der Waals surface area contributed by atoms with E-state index < -0.39 is 0 Å². The highest BCUT2D eigenvalue weighted by Crippen LogP contribution is 2.26. The highest BCUT2D eigenvalue weighted by Gasteiger charge is 2.16. The quantitative estimate of drug-likeness (QED) is 0.512. The van der Waals surface area contributed by atoms with Crippen LogP contribution in [0.3, 0.4) is 0 Å². The Labute approximate surface area is 163 Å². The minimum absolute atomic E-state index is 0.120. The molecule has 3 nitrogen and oxygen atoms in total. The average molecular weight is 466 g/mol. The van der Waals surface area contributed by atoms with E-state index in [1.807, 2.05) is 41.8 Å². The molecule has 3 aromatic rings. The van der Waals surface area contributed by atoms with Gasteiger partial charge in [-0.25, -0.2) is 4.39 Å². The van der Waals surface area contributed by atoms with Gasteiger partial charge in [0.05, 0.1) is 12.6 Å². The van der Waals surface area contributed by atoms with Crippen LogP contribution in [-0.2, 0) is 4.79 Å². The number of halogens is 2. The summed E-state index contributed by atoms with van der Waals surface area (Å²) in [5.74, 6) is -0.394. The maximum atomic E-state index is 13.2. The first-order valence-electron chi connectivity index (χ1n) is 7.69. The van der Waals surface area contributed by atoms with Crippen molar-refractivity contribution < 1.29 is 9.18 Å². The number of hydrogen-bond donors (Lipinski definition) is 2. The number of rotatable bonds is 6. The Bertz CT molecular complexity index is 820. The second kappa shape index (κ2) is 8.55. The SMILES string of the molecule is O=C(CNC(c1ccc(F)cc1)c1cccs1)Nc1ccc(I)cc1. The second-order valence-electron chi connectivity index (χ2n) is 5.44. The van der Waals surface area contributed by atoms with Crippen molar-refractivity contribution in [3.8, 4) is 0 Å². The van der Waals surface area contributed by atoms with Gasteiger partial charge in [-0.1, -0.05) is 18.2 Å². The van der Waals surface area contributed by atoms with Crippen molar-refractivity contribution >= 4 is 45.5 Å². The molecule has 0 aliphatic heterocycles. The smallest absolute Gasteiger partial charge is 0.238 e. The topological polar surface area (TPSA) is 41.1 Å². The molecule has 0 bridgehead atoms. The maximum absolute atomic E-state index is 13.2. The molecule has 1 aromatic heterocycles. The summed E-state index contributed by atoms with van der Waals surface area (Å²) >= 11 is 3.82. The maximum Gasteiger partial charge on any atom is 0.238 e. The third kappa shape index (κ3) is 5.10. The van der Waals surface area contributed by atoms with E-state index in [0.29, 0.717) is 0 Å². The van der Waals surface area contributed by atoms with E-state index in [0.717, 1.165) is 19.7 Å². The molecule has 0 aliphatic rings. The molecule has 128 valence electrons. The number of amides is 1. The van der Waals surface area contributed by atoms with E-state index in [-0.39, 0.29) is 24.3 Å². The lowest BCUT2D eigenvalue weighted by molar-refractivity contribution is -0.115. The number of carbonyl (C=O) groups is 1. The third-order valence-corrected chi connectivity index (χ3v) is 5.28. The molecule has 25 heavy (non-hydrogen) atoms. The van der Waals surface area contributed by atoms with Crippen LogP contribution >= 0.6 is 33.9 Å². The molecule has 0 saturated heterocycles. The van der Waals surface area contributed by atoms with E-state index in [2.05, 4.69) is 33.2 Å². The molecule has 2 N–H and O–H groups in total. The van der Waals surface area contributed by atoms with Crippen molar-refractivity contribution in [2.45, 2.75) is 6.04 Å². The summed E-state index contributed by atoms with van der Waals surface area (Å²) in [6.45, 7) is 0.159. The fourth-order valence-corrected chi connectivity index (χ4v) is 3.61. The molecular weight excluding hydrogens is 450 g/mol. The minimum atomic E-state index is -0.273. The van der Waals surface area contributed by atoms with Gasteiger partial charge in [0.15, 0.2) is 0 Å². The Hall–Kier alpha value is -1.77.